The van der Waals surface area contributed by atoms with Gasteiger partial charge in [-0.2, -0.15) is 0 Å². The minimum absolute atomic E-state index is 0.00856. The number of piperidine rings is 1. The molecule has 7 heteroatoms. The highest BCUT2D eigenvalue weighted by atomic mass is 16.6. The first-order chi connectivity index (χ1) is 8.19. The van der Waals surface area contributed by atoms with Crippen LogP contribution in [0.5, 0.6) is 0 Å². The van der Waals surface area contributed by atoms with Crippen LogP contribution in [0.15, 0.2) is 0 Å². The van der Waals surface area contributed by atoms with Crippen molar-refractivity contribution in [3.8, 4) is 0 Å². The summed E-state index contributed by atoms with van der Waals surface area (Å²) in [6.45, 7) is 5.12. The van der Waals surface area contributed by atoms with Gasteiger partial charge in [-0.1, -0.05) is 0 Å². The molecule has 0 aromatic carbocycles. The van der Waals surface area contributed by atoms with Crippen molar-refractivity contribution >= 4 is 18.0 Å². The zero-order valence-corrected chi connectivity index (χ0v) is 10.6. The van der Waals surface area contributed by atoms with Crippen LogP contribution < -0.4 is 10.6 Å². The van der Waals surface area contributed by atoms with E-state index in [1.165, 1.54) is 0 Å². The van der Waals surface area contributed by atoms with Crippen molar-refractivity contribution in [3.63, 3.8) is 0 Å². The molecule has 7 nitrogen and oxygen atoms in total. The molecule has 0 aliphatic carbocycles. The fraction of sp³-hybridized carbons (Fsp3) is 0.727. The molecule has 2 atom stereocenters. The summed E-state index contributed by atoms with van der Waals surface area (Å²) in [7, 11) is 0. The van der Waals surface area contributed by atoms with Crippen LogP contribution in [0, 0.1) is 5.92 Å². The highest BCUT2D eigenvalue weighted by Crippen LogP contribution is 2.14. The van der Waals surface area contributed by atoms with E-state index >= 15 is 0 Å². The number of rotatable bonds is 2. The maximum atomic E-state index is 11.5. The number of carbonyl (C=O) groups excluding carboxylic acids is 2. The topological polar surface area (TPSA) is 105 Å². The number of nitrogens with one attached hydrogen (secondary N) is 2. The molecule has 1 rings (SSSR count). The molecule has 18 heavy (non-hydrogen) atoms. The van der Waals surface area contributed by atoms with Gasteiger partial charge in [0.25, 0.3) is 0 Å². The average molecular weight is 258 g/mol. The van der Waals surface area contributed by atoms with E-state index in [0.717, 1.165) is 0 Å². The summed E-state index contributed by atoms with van der Waals surface area (Å²) in [6.07, 6.45) is -0.774. The lowest BCUT2D eigenvalue weighted by Crippen LogP contribution is -2.54. The summed E-state index contributed by atoms with van der Waals surface area (Å²) in [5.74, 6) is -2.18. The van der Waals surface area contributed by atoms with E-state index < -0.39 is 29.6 Å². The van der Waals surface area contributed by atoms with Crippen LogP contribution in [0.4, 0.5) is 4.79 Å². The predicted octanol–water partition coefficient (Wildman–Crippen LogP) is 0.100. The molecule has 0 unspecified atom stereocenters. The summed E-state index contributed by atoms with van der Waals surface area (Å²) in [4.78, 5) is 33.8. The Labute approximate surface area is 105 Å². The number of hydrogen-bond acceptors (Lipinski definition) is 4. The lowest BCUT2D eigenvalue weighted by Gasteiger charge is -2.30. The Hall–Kier alpha value is -1.79. The van der Waals surface area contributed by atoms with Crippen LogP contribution in [0.25, 0.3) is 0 Å². The molecule has 1 fully saturated rings. The molecule has 0 aromatic heterocycles. The number of ether oxygens (including phenoxy) is 1. The number of aliphatic carboxylic acids is 1. The van der Waals surface area contributed by atoms with E-state index in [0.29, 0.717) is 0 Å². The highest BCUT2D eigenvalue weighted by molar-refractivity contribution is 5.83. The van der Waals surface area contributed by atoms with Crippen molar-refractivity contribution in [2.75, 3.05) is 6.54 Å². The van der Waals surface area contributed by atoms with Gasteiger partial charge in [-0.25, -0.2) is 4.79 Å². The zero-order chi connectivity index (χ0) is 13.9. The average Bonchev–Trinajstić information content (AvgIpc) is 2.13. The zero-order valence-electron chi connectivity index (χ0n) is 10.6. The lowest BCUT2D eigenvalue weighted by molar-refractivity contribution is -0.144. The smallest absolute Gasteiger partial charge is 0.407 e. The molecule has 0 spiro atoms. The summed E-state index contributed by atoms with van der Waals surface area (Å²) in [5.41, 5.74) is -0.667. The molecule has 0 aromatic rings. The van der Waals surface area contributed by atoms with E-state index in [9.17, 15) is 14.4 Å². The first-order valence-corrected chi connectivity index (χ1v) is 5.68. The third kappa shape index (κ3) is 4.23. The Kier molecular flexibility index (Phi) is 4.15. The van der Waals surface area contributed by atoms with Crippen molar-refractivity contribution < 1.29 is 24.2 Å². The molecule has 1 saturated heterocycles. The lowest BCUT2D eigenvalue weighted by atomic mass is 9.93. The van der Waals surface area contributed by atoms with Crippen LogP contribution in [0.2, 0.25) is 0 Å². The second-order valence-electron chi connectivity index (χ2n) is 5.21. The van der Waals surface area contributed by atoms with E-state index in [-0.39, 0.29) is 18.9 Å². The monoisotopic (exact) mass is 258 g/mol. The van der Waals surface area contributed by atoms with Crippen LogP contribution in [-0.2, 0) is 14.3 Å². The minimum Gasteiger partial charge on any atom is -0.481 e. The third-order valence-corrected chi connectivity index (χ3v) is 2.43. The number of carboxylic acid groups (broad SMARTS) is 1. The SMILES string of the molecule is CC(C)(C)OC(=O)N[C@@H]1CC(=O)NC[C@H]1C(=O)O. The predicted molar refractivity (Wildman–Crippen MR) is 61.9 cm³/mol. The molecular formula is C11H18N2O5. The van der Waals surface area contributed by atoms with Gasteiger partial charge in [0, 0.05) is 13.0 Å². The Morgan fingerprint density at radius 1 is 1.44 bits per heavy atom. The molecule has 1 aliphatic heterocycles. The van der Waals surface area contributed by atoms with E-state index in [2.05, 4.69) is 10.6 Å². The summed E-state index contributed by atoms with van der Waals surface area (Å²) in [5, 5.41) is 13.9. The first kappa shape index (κ1) is 14.3. The van der Waals surface area contributed by atoms with Crippen molar-refractivity contribution in [2.24, 2.45) is 5.92 Å². The first-order valence-electron chi connectivity index (χ1n) is 5.68. The summed E-state index contributed by atoms with van der Waals surface area (Å²) < 4.78 is 5.03. The quantitative estimate of drug-likeness (QED) is 0.651. The standard InChI is InChI=1S/C11H18N2O5/c1-11(2,3)18-10(17)13-7-4-8(14)12-5-6(7)9(15)16/h6-7H,4-5H2,1-3H3,(H,12,14)(H,13,17)(H,15,16)/t6-,7-/m1/s1. The number of carboxylic acids is 1. The van der Waals surface area contributed by atoms with Gasteiger partial charge in [0.05, 0.1) is 12.0 Å². The Morgan fingerprint density at radius 2 is 2.06 bits per heavy atom. The molecule has 102 valence electrons. The van der Waals surface area contributed by atoms with Crippen LogP contribution >= 0.6 is 0 Å². The second-order valence-corrected chi connectivity index (χ2v) is 5.21. The highest BCUT2D eigenvalue weighted by Gasteiger charge is 2.36. The van der Waals surface area contributed by atoms with Crippen molar-refractivity contribution in [1.29, 1.82) is 0 Å². The van der Waals surface area contributed by atoms with Gasteiger partial charge in [-0.3, -0.25) is 9.59 Å². The van der Waals surface area contributed by atoms with Crippen LogP contribution in [0.3, 0.4) is 0 Å². The fourth-order valence-electron chi connectivity index (χ4n) is 1.65. The van der Waals surface area contributed by atoms with Crippen LogP contribution in [-0.4, -0.2) is 41.3 Å². The largest absolute Gasteiger partial charge is 0.481 e. The maximum absolute atomic E-state index is 11.5. The number of amides is 2. The molecule has 1 aliphatic rings. The molecule has 0 saturated carbocycles. The Bertz CT molecular complexity index is 361. The van der Waals surface area contributed by atoms with Gasteiger partial charge in [0.15, 0.2) is 0 Å². The summed E-state index contributed by atoms with van der Waals surface area (Å²) >= 11 is 0. The number of hydrogen-bond donors (Lipinski definition) is 3. The van der Waals surface area contributed by atoms with Gasteiger partial charge in [-0.15, -0.1) is 0 Å². The fourth-order valence-corrected chi connectivity index (χ4v) is 1.65. The molecular weight excluding hydrogens is 240 g/mol. The maximum Gasteiger partial charge on any atom is 0.407 e. The molecule has 0 bridgehead atoms. The van der Waals surface area contributed by atoms with Crippen molar-refractivity contribution in [2.45, 2.75) is 38.8 Å². The molecule has 1 heterocycles. The second kappa shape index (κ2) is 5.24. The van der Waals surface area contributed by atoms with Crippen molar-refractivity contribution in [1.82, 2.24) is 10.6 Å². The van der Waals surface area contributed by atoms with Gasteiger partial charge in [-0.05, 0) is 20.8 Å². The number of alkyl carbamates (subject to hydrolysis) is 1. The van der Waals surface area contributed by atoms with Gasteiger partial charge >= 0.3 is 12.1 Å². The number of carbonyl (C=O) groups is 3. The molecule has 0 radical (unpaired) electrons. The van der Waals surface area contributed by atoms with Crippen molar-refractivity contribution in [3.05, 3.63) is 0 Å². The third-order valence-electron chi connectivity index (χ3n) is 2.43. The minimum atomic E-state index is -1.06. The van der Waals surface area contributed by atoms with E-state index in [1.807, 2.05) is 0 Å². The normalized spacial score (nSPS) is 24.1. The van der Waals surface area contributed by atoms with E-state index in [1.54, 1.807) is 20.8 Å². The summed E-state index contributed by atoms with van der Waals surface area (Å²) in [6, 6.07) is -0.744. The van der Waals surface area contributed by atoms with Gasteiger partial charge < -0.3 is 20.5 Å². The Balaban J connectivity index is 2.63. The van der Waals surface area contributed by atoms with E-state index in [4.69, 9.17) is 9.84 Å². The van der Waals surface area contributed by atoms with Crippen LogP contribution in [0.1, 0.15) is 27.2 Å². The Morgan fingerprint density at radius 3 is 2.56 bits per heavy atom. The molecule has 2 amide bonds. The van der Waals surface area contributed by atoms with Gasteiger partial charge in [0.1, 0.15) is 5.60 Å². The van der Waals surface area contributed by atoms with Gasteiger partial charge in [0.2, 0.25) is 5.91 Å². The molecule has 3 N–H and O–H groups in total.